The van der Waals surface area contributed by atoms with Crippen molar-refractivity contribution in [3.8, 4) is 0 Å². The smallest absolute Gasteiger partial charge is 0.276 e. The Hall–Kier alpha value is -1.94. The fraction of sp³-hybridized carbons (Fsp3) is 0.0833. The quantitative estimate of drug-likeness (QED) is 0.888. The van der Waals surface area contributed by atoms with Gasteiger partial charge in [0.1, 0.15) is 0 Å². The zero-order valence-corrected chi connectivity index (χ0v) is 9.90. The summed E-state index contributed by atoms with van der Waals surface area (Å²) >= 11 is 5.96. The van der Waals surface area contributed by atoms with Crippen LogP contribution in [0.3, 0.4) is 0 Å². The average Bonchev–Trinajstić information content (AvgIpc) is 2.36. The number of nitrogens with zero attached hydrogens (tertiary/aromatic N) is 2. The Morgan fingerprint density at radius 2 is 2.12 bits per heavy atom. The highest BCUT2D eigenvalue weighted by Gasteiger charge is 2.09. The normalized spacial score (nSPS) is 10.0. The lowest BCUT2D eigenvalue weighted by Crippen LogP contribution is -2.14. The number of hydrogen-bond acceptors (Lipinski definition) is 3. The van der Waals surface area contributed by atoms with Crippen molar-refractivity contribution in [3.05, 3.63) is 52.8 Å². The minimum atomic E-state index is -0.302. The Morgan fingerprint density at radius 3 is 2.82 bits per heavy atom. The standard InChI is InChI=1S/C12H10ClN3O/c1-8-9(13)4-2-5-10(8)15-12(17)11-6-3-7-14-16-11/h2-7H,1H3,(H,15,17). The molecule has 1 heterocycles. The highest BCUT2D eigenvalue weighted by atomic mass is 35.5. The van der Waals surface area contributed by atoms with Crippen LogP contribution in [0.1, 0.15) is 16.1 Å². The molecule has 0 radical (unpaired) electrons. The molecular weight excluding hydrogens is 238 g/mol. The Bertz CT molecular complexity index is 543. The van der Waals surface area contributed by atoms with E-state index in [-0.39, 0.29) is 11.6 Å². The van der Waals surface area contributed by atoms with Crippen LogP contribution in [0.25, 0.3) is 0 Å². The van der Waals surface area contributed by atoms with Gasteiger partial charge in [0.2, 0.25) is 0 Å². The predicted octanol–water partition coefficient (Wildman–Crippen LogP) is 2.69. The first-order valence-electron chi connectivity index (χ1n) is 5.02. The van der Waals surface area contributed by atoms with Crippen LogP contribution in [-0.4, -0.2) is 16.1 Å². The van der Waals surface area contributed by atoms with Crippen LogP contribution in [-0.2, 0) is 0 Å². The van der Waals surface area contributed by atoms with E-state index < -0.39 is 0 Å². The van der Waals surface area contributed by atoms with Gasteiger partial charge in [0.05, 0.1) is 0 Å². The highest BCUT2D eigenvalue weighted by Crippen LogP contribution is 2.23. The molecule has 0 saturated heterocycles. The summed E-state index contributed by atoms with van der Waals surface area (Å²) in [5.74, 6) is -0.302. The molecule has 1 aromatic carbocycles. The summed E-state index contributed by atoms with van der Waals surface area (Å²) in [4.78, 5) is 11.8. The highest BCUT2D eigenvalue weighted by molar-refractivity contribution is 6.31. The molecule has 1 aromatic heterocycles. The maximum atomic E-state index is 11.8. The molecule has 5 heteroatoms. The molecule has 0 aliphatic rings. The van der Waals surface area contributed by atoms with Crippen LogP contribution >= 0.6 is 11.6 Å². The molecule has 1 N–H and O–H groups in total. The third-order valence-electron chi connectivity index (χ3n) is 2.32. The summed E-state index contributed by atoms with van der Waals surface area (Å²) in [6.45, 7) is 1.84. The van der Waals surface area contributed by atoms with Crippen LogP contribution < -0.4 is 5.32 Å². The van der Waals surface area contributed by atoms with Crippen molar-refractivity contribution in [2.45, 2.75) is 6.92 Å². The predicted molar refractivity (Wildman–Crippen MR) is 66.2 cm³/mol. The zero-order valence-electron chi connectivity index (χ0n) is 9.14. The molecule has 0 spiro atoms. The van der Waals surface area contributed by atoms with Gasteiger partial charge in [-0.25, -0.2) is 0 Å². The van der Waals surface area contributed by atoms with Gasteiger partial charge in [-0.3, -0.25) is 4.79 Å². The third-order valence-corrected chi connectivity index (χ3v) is 2.73. The van der Waals surface area contributed by atoms with Gasteiger partial charge in [0.15, 0.2) is 5.69 Å². The number of rotatable bonds is 2. The molecule has 0 fully saturated rings. The van der Waals surface area contributed by atoms with E-state index in [4.69, 9.17) is 11.6 Å². The molecule has 0 bridgehead atoms. The van der Waals surface area contributed by atoms with E-state index >= 15 is 0 Å². The van der Waals surface area contributed by atoms with E-state index in [1.165, 1.54) is 6.20 Å². The van der Waals surface area contributed by atoms with Gasteiger partial charge >= 0.3 is 0 Å². The van der Waals surface area contributed by atoms with E-state index in [1.807, 2.05) is 6.92 Å². The fourth-order valence-electron chi connectivity index (χ4n) is 1.35. The summed E-state index contributed by atoms with van der Waals surface area (Å²) in [6.07, 6.45) is 1.52. The molecule has 4 nitrogen and oxygen atoms in total. The molecule has 0 aliphatic heterocycles. The Balaban J connectivity index is 2.22. The lowest BCUT2D eigenvalue weighted by atomic mass is 10.2. The number of anilines is 1. The lowest BCUT2D eigenvalue weighted by molar-refractivity contribution is 0.102. The van der Waals surface area contributed by atoms with E-state index in [0.717, 1.165) is 5.56 Å². The second-order valence-electron chi connectivity index (χ2n) is 3.48. The molecular formula is C12H10ClN3O. The zero-order chi connectivity index (χ0) is 12.3. The second kappa shape index (κ2) is 4.93. The van der Waals surface area contributed by atoms with Crippen LogP contribution in [0.15, 0.2) is 36.5 Å². The molecule has 0 unspecified atom stereocenters. The van der Waals surface area contributed by atoms with Crippen LogP contribution in [0.5, 0.6) is 0 Å². The van der Waals surface area contributed by atoms with Gasteiger partial charge in [-0.15, -0.1) is 5.10 Å². The van der Waals surface area contributed by atoms with Crippen LogP contribution in [0.4, 0.5) is 5.69 Å². The monoisotopic (exact) mass is 247 g/mol. The van der Waals surface area contributed by atoms with E-state index in [9.17, 15) is 4.79 Å². The van der Waals surface area contributed by atoms with Gasteiger partial charge in [0, 0.05) is 16.9 Å². The van der Waals surface area contributed by atoms with Crippen molar-refractivity contribution < 1.29 is 4.79 Å². The van der Waals surface area contributed by atoms with Crippen molar-refractivity contribution in [2.75, 3.05) is 5.32 Å². The second-order valence-corrected chi connectivity index (χ2v) is 3.88. The lowest BCUT2D eigenvalue weighted by Gasteiger charge is -2.08. The van der Waals surface area contributed by atoms with Gasteiger partial charge < -0.3 is 5.32 Å². The van der Waals surface area contributed by atoms with Crippen molar-refractivity contribution in [1.82, 2.24) is 10.2 Å². The Labute approximate surface area is 104 Å². The van der Waals surface area contributed by atoms with Gasteiger partial charge in [-0.2, -0.15) is 5.10 Å². The number of aromatic nitrogens is 2. The summed E-state index contributed by atoms with van der Waals surface area (Å²) in [7, 11) is 0. The average molecular weight is 248 g/mol. The first-order chi connectivity index (χ1) is 8.18. The van der Waals surface area contributed by atoms with Crippen LogP contribution in [0, 0.1) is 6.92 Å². The SMILES string of the molecule is Cc1c(Cl)cccc1NC(=O)c1cccnn1. The van der Waals surface area contributed by atoms with Gasteiger partial charge in [0.25, 0.3) is 5.91 Å². The van der Waals surface area contributed by atoms with Gasteiger partial charge in [-0.05, 0) is 36.8 Å². The number of hydrogen-bond donors (Lipinski definition) is 1. The number of benzene rings is 1. The van der Waals surface area contributed by atoms with E-state index in [0.29, 0.717) is 10.7 Å². The molecule has 2 aromatic rings. The minimum absolute atomic E-state index is 0.270. The van der Waals surface area contributed by atoms with E-state index in [2.05, 4.69) is 15.5 Å². The maximum absolute atomic E-state index is 11.8. The number of nitrogens with one attached hydrogen (secondary N) is 1. The third kappa shape index (κ3) is 2.60. The summed E-state index contributed by atoms with van der Waals surface area (Å²) in [5, 5.41) is 10.7. The number of halogens is 1. The molecule has 86 valence electrons. The molecule has 17 heavy (non-hydrogen) atoms. The molecule has 0 saturated carbocycles. The van der Waals surface area contributed by atoms with Crippen molar-refractivity contribution in [2.24, 2.45) is 0 Å². The molecule has 2 rings (SSSR count). The van der Waals surface area contributed by atoms with E-state index in [1.54, 1.807) is 30.3 Å². The fourth-order valence-corrected chi connectivity index (χ4v) is 1.53. The van der Waals surface area contributed by atoms with Crippen molar-refractivity contribution in [1.29, 1.82) is 0 Å². The molecule has 0 aliphatic carbocycles. The first-order valence-corrected chi connectivity index (χ1v) is 5.40. The number of carbonyl (C=O) groups excluding carboxylic acids is 1. The number of carbonyl (C=O) groups is 1. The minimum Gasteiger partial charge on any atom is -0.320 e. The first kappa shape index (κ1) is 11.5. The number of amides is 1. The largest absolute Gasteiger partial charge is 0.320 e. The molecule has 1 amide bonds. The summed E-state index contributed by atoms with van der Waals surface area (Å²) in [5.41, 5.74) is 1.77. The Morgan fingerprint density at radius 1 is 1.29 bits per heavy atom. The topological polar surface area (TPSA) is 54.9 Å². The summed E-state index contributed by atoms with van der Waals surface area (Å²) < 4.78 is 0. The summed E-state index contributed by atoms with van der Waals surface area (Å²) in [6, 6.07) is 8.60. The van der Waals surface area contributed by atoms with Gasteiger partial charge in [-0.1, -0.05) is 17.7 Å². The van der Waals surface area contributed by atoms with Crippen molar-refractivity contribution >= 4 is 23.2 Å². The Kier molecular flexibility index (Phi) is 3.35. The van der Waals surface area contributed by atoms with Crippen molar-refractivity contribution in [3.63, 3.8) is 0 Å². The molecule has 0 atom stereocenters. The van der Waals surface area contributed by atoms with Crippen LogP contribution in [0.2, 0.25) is 5.02 Å². The maximum Gasteiger partial charge on any atom is 0.276 e.